The van der Waals surface area contributed by atoms with Crippen molar-refractivity contribution in [3.63, 3.8) is 0 Å². The van der Waals surface area contributed by atoms with Crippen LogP contribution >= 0.6 is 0 Å². The quantitative estimate of drug-likeness (QED) is 0.551. The molecule has 2 rings (SSSR count). The molecule has 0 spiro atoms. The van der Waals surface area contributed by atoms with Crippen molar-refractivity contribution in [2.45, 2.75) is 58.9 Å². The Morgan fingerprint density at radius 1 is 1.31 bits per heavy atom. The van der Waals surface area contributed by atoms with Gasteiger partial charge in [-0.3, -0.25) is 9.79 Å². The fraction of sp³-hybridized carbons (Fsp3) is 0.700. The topological polar surface area (TPSA) is 69.9 Å². The predicted octanol–water partition coefficient (Wildman–Crippen LogP) is 2.80. The predicted molar refractivity (Wildman–Crippen MR) is 105 cm³/mol. The molecule has 0 radical (unpaired) electrons. The highest BCUT2D eigenvalue weighted by Crippen LogP contribution is 2.17. The van der Waals surface area contributed by atoms with E-state index in [0.29, 0.717) is 18.5 Å². The van der Waals surface area contributed by atoms with Crippen molar-refractivity contribution in [1.29, 1.82) is 0 Å². The Morgan fingerprint density at radius 2 is 2.04 bits per heavy atom. The molecule has 2 heterocycles. The number of furan rings is 1. The lowest BCUT2D eigenvalue weighted by Crippen LogP contribution is -2.50. The van der Waals surface area contributed by atoms with E-state index < -0.39 is 0 Å². The fourth-order valence-electron chi connectivity index (χ4n) is 3.39. The molecule has 26 heavy (non-hydrogen) atoms. The molecule has 6 heteroatoms. The van der Waals surface area contributed by atoms with Gasteiger partial charge in [0.2, 0.25) is 5.91 Å². The first kappa shape index (κ1) is 20.3. The molecule has 0 saturated carbocycles. The van der Waals surface area contributed by atoms with Crippen LogP contribution in [0, 0.1) is 5.92 Å². The van der Waals surface area contributed by atoms with Gasteiger partial charge in [0, 0.05) is 44.6 Å². The number of carbonyl (C=O) groups is 1. The SMILES string of the molecule is CCNC(=NCCc1ccco1)NC1CCN(C(=O)C(CC)CC)CC1. The van der Waals surface area contributed by atoms with Gasteiger partial charge in [0.15, 0.2) is 5.96 Å². The molecule has 1 amide bonds. The molecular weight excluding hydrogens is 328 g/mol. The van der Waals surface area contributed by atoms with Gasteiger partial charge in [0.1, 0.15) is 5.76 Å². The van der Waals surface area contributed by atoms with Crippen LogP contribution < -0.4 is 10.6 Å². The third kappa shape index (κ3) is 6.07. The second-order valence-corrected chi connectivity index (χ2v) is 6.85. The van der Waals surface area contributed by atoms with Crippen molar-refractivity contribution in [2.24, 2.45) is 10.9 Å². The zero-order valence-corrected chi connectivity index (χ0v) is 16.5. The highest BCUT2D eigenvalue weighted by atomic mass is 16.3. The van der Waals surface area contributed by atoms with Crippen molar-refractivity contribution in [1.82, 2.24) is 15.5 Å². The van der Waals surface area contributed by atoms with Crippen LogP contribution in [0.1, 0.15) is 52.2 Å². The fourth-order valence-corrected chi connectivity index (χ4v) is 3.39. The number of amides is 1. The molecular formula is C20H34N4O2. The summed E-state index contributed by atoms with van der Waals surface area (Å²) in [4.78, 5) is 19.2. The summed E-state index contributed by atoms with van der Waals surface area (Å²) in [5.74, 6) is 2.31. The number of piperidine rings is 1. The molecule has 0 bridgehead atoms. The molecule has 6 nitrogen and oxygen atoms in total. The van der Waals surface area contributed by atoms with Crippen molar-refractivity contribution >= 4 is 11.9 Å². The van der Waals surface area contributed by atoms with Crippen LogP contribution in [-0.2, 0) is 11.2 Å². The van der Waals surface area contributed by atoms with E-state index in [4.69, 9.17) is 4.42 Å². The maximum atomic E-state index is 12.5. The van der Waals surface area contributed by atoms with E-state index in [2.05, 4.69) is 36.4 Å². The summed E-state index contributed by atoms with van der Waals surface area (Å²) in [6.07, 6.45) is 6.29. The van der Waals surface area contributed by atoms with Crippen LogP contribution in [0.5, 0.6) is 0 Å². The van der Waals surface area contributed by atoms with Gasteiger partial charge in [-0.05, 0) is 44.7 Å². The normalized spacial score (nSPS) is 16.2. The van der Waals surface area contributed by atoms with Crippen LogP contribution in [0.15, 0.2) is 27.8 Å². The van der Waals surface area contributed by atoms with Gasteiger partial charge in [-0.2, -0.15) is 0 Å². The third-order valence-corrected chi connectivity index (χ3v) is 5.03. The third-order valence-electron chi connectivity index (χ3n) is 5.03. The summed E-state index contributed by atoms with van der Waals surface area (Å²) < 4.78 is 5.35. The maximum Gasteiger partial charge on any atom is 0.225 e. The van der Waals surface area contributed by atoms with Gasteiger partial charge in [0.05, 0.1) is 6.26 Å². The average molecular weight is 363 g/mol. The average Bonchev–Trinajstić information content (AvgIpc) is 3.17. The summed E-state index contributed by atoms with van der Waals surface area (Å²) in [7, 11) is 0. The number of guanidine groups is 1. The lowest BCUT2D eigenvalue weighted by atomic mass is 9.98. The molecule has 1 aliphatic heterocycles. The van der Waals surface area contributed by atoms with Crippen LogP contribution in [0.25, 0.3) is 0 Å². The first-order chi connectivity index (χ1) is 12.7. The number of nitrogens with one attached hydrogen (secondary N) is 2. The van der Waals surface area contributed by atoms with Crippen LogP contribution in [0.3, 0.4) is 0 Å². The number of hydrogen-bond donors (Lipinski definition) is 2. The van der Waals surface area contributed by atoms with E-state index in [0.717, 1.165) is 63.5 Å². The minimum Gasteiger partial charge on any atom is -0.469 e. The van der Waals surface area contributed by atoms with Crippen molar-refractivity contribution in [3.05, 3.63) is 24.2 Å². The van der Waals surface area contributed by atoms with Crippen molar-refractivity contribution in [2.75, 3.05) is 26.2 Å². The summed E-state index contributed by atoms with van der Waals surface area (Å²) in [5.41, 5.74) is 0. The molecule has 1 fully saturated rings. The first-order valence-electron chi connectivity index (χ1n) is 10.0. The minimum absolute atomic E-state index is 0.181. The molecule has 1 saturated heterocycles. The first-order valence-corrected chi connectivity index (χ1v) is 10.0. The highest BCUT2D eigenvalue weighted by Gasteiger charge is 2.26. The zero-order chi connectivity index (χ0) is 18.8. The Balaban J connectivity index is 1.80. The number of hydrogen-bond acceptors (Lipinski definition) is 3. The van der Waals surface area contributed by atoms with Gasteiger partial charge in [0.25, 0.3) is 0 Å². The Hall–Kier alpha value is -1.98. The Kier molecular flexibility index (Phi) is 8.51. The summed E-state index contributed by atoms with van der Waals surface area (Å²) in [6.45, 7) is 9.45. The van der Waals surface area contributed by atoms with Crippen LogP contribution in [-0.4, -0.2) is 49.0 Å². The van der Waals surface area contributed by atoms with Crippen molar-refractivity contribution < 1.29 is 9.21 Å². The van der Waals surface area contributed by atoms with Gasteiger partial charge in [-0.25, -0.2) is 0 Å². The Bertz CT molecular complexity index is 544. The largest absolute Gasteiger partial charge is 0.469 e. The minimum atomic E-state index is 0.181. The second kappa shape index (κ2) is 10.9. The standard InChI is InChI=1S/C20H34N4O2/c1-4-16(5-2)19(25)24-13-10-17(11-14-24)23-20(21-6-3)22-12-9-18-8-7-15-26-18/h7-8,15-17H,4-6,9-14H2,1-3H3,(H2,21,22,23). The molecule has 0 aromatic carbocycles. The smallest absolute Gasteiger partial charge is 0.225 e. The molecule has 0 atom stereocenters. The molecule has 1 aromatic heterocycles. The van der Waals surface area contributed by atoms with Crippen molar-refractivity contribution in [3.8, 4) is 0 Å². The molecule has 2 N–H and O–H groups in total. The van der Waals surface area contributed by atoms with E-state index in [9.17, 15) is 4.79 Å². The molecule has 1 aromatic rings. The molecule has 1 aliphatic rings. The molecule has 146 valence electrons. The summed E-state index contributed by atoms with van der Waals surface area (Å²) in [6, 6.07) is 4.24. The number of rotatable bonds is 8. The van der Waals surface area contributed by atoms with Crippen LogP contribution in [0.2, 0.25) is 0 Å². The van der Waals surface area contributed by atoms with E-state index in [1.807, 2.05) is 17.0 Å². The van der Waals surface area contributed by atoms with Gasteiger partial charge < -0.3 is 20.0 Å². The van der Waals surface area contributed by atoms with E-state index in [1.54, 1.807) is 6.26 Å². The number of carbonyl (C=O) groups excluding carboxylic acids is 1. The summed E-state index contributed by atoms with van der Waals surface area (Å²) in [5, 5.41) is 6.83. The number of aliphatic imine (C=N–C) groups is 1. The Labute approximate surface area is 157 Å². The number of nitrogens with zero attached hydrogens (tertiary/aromatic N) is 2. The van der Waals surface area contributed by atoms with E-state index >= 15 is 0 Å². The van der Waals surface area contributed by atoms with E-state index in [1.165, 1.54) is 0 Å². The van der Waals surface area contributed by atoms with Crippen LogP contribution in [0.4, 0.5) is 0 Å². The lowest BCUT2D eigenvalue weighted by molar-refractivity contribution is -0.136. The lowest BCUT2D eigenvalue weighted by Gasteiger charge is -2.34. The zero-order valence-electron chi connectivity index (χ0n) is 16.5. The Morgan fingerprint density at radius 3 is 2.62 bits per heavy atom. The van der Waals surface area contributed by atoms with E-state index in [-0.39, 0.29) is 5.92 Å². The van der Waals surface area contributed by atoms with Gasteiger partial charge in [-0.1, -0.05) is 13.8 Å². The molecule has 0 aliphatic carbocycles. The summed E-state index contributed by atoms with van der Waals surface area (Å²) >= 11 is 0. The molecule has 0 unspecified atom stereocenters. The highest BCUT2D eigenvalue weighted by molar-refractivity contribution is 5.80. The monoisotopic (exact) mass is 362 g/mol. The van der Waals surface area contributed by atoms with Gasteiger partial charge >= 0.3 is 0 Å². The number of likely N-dealkylation sites (tertiary alicyclic amines) is 1. The maximum absolute atomic E-state index is 12.5. The van der Waals surface area contributed by atoms with Gasteiger partial charge in [-0.15, -0.1) is 0 Å². The second-order valence-electron chi connectivity index (χ2n) is 6.85.